The van der Waals surface area contributed by atoms with Crippen LogP contribution in [0.2, 0.25) is 10.0 Å². The van der Waals surface area contributed by atoms with Crippen molar-refractivity contribution in [1.82, 2.24) is 5.32 Å². The van der Waals surface area contributed by atoms with Gasteiger partial charge in [-0.1, -0.05) is 29.3 Å². The fourth-order valence-corrected chi connectivity index (χ4v) is 3.86. The van der Waals surface area contributed by atoms with Crippen molar-refractivity contribution < 1.29 is 5.11 Å². The van der Waals surface area contributed by atoms with Crippen LogP contribution in [0.5, 0.6) is 0 Å². The number of rotatable bonds is 2. The van der Waals surface area contributed by atoms with E-state index in [4.69, 9.17) is 23.2 Å². The van der Waals surface area contributed by atoms with Crippen molar-refractivity contribution in [2.45, 2.75) is 49.8 Å². The minimum Gasteiger partial charge on any atom is -0.389 e. The summed E-state index contributed by atoms with van der Waals surface area (Å²) >= 11 is 12.1. The van der Waals surface area contributed by atoms with Gasteiger partial charge in [-0.15, -0.1) is 0 Å². The van der Waals surface area contributed by atoms with Crippen molar-refractivity contribution in [2.24, 2.45) is 0 Å². The summed E-state index contributed by atoms with van der Waals surface area (Å²) in [6.45, 7) is 0. The van der Waals surface area contributed by atoms with Gasteiger partial charge in [-0.05, 0) is 43.4 Å². The summed E-state index contributed by atoms with van der Waals surface area (Å²) in [5.74, 6) is 0. The molecule has 2 saturated heterocycles. The zero-order valence-electron chi connectivity index (χ0n) is 10.1. The number of piperidine rings is 1. The second-order valence-corrected chi connectivity index (χ2v) is 6.53. The lowest BCUT2D eigenvalue weighted by Crippen LogP contribution is -2.49. The van der Waals surface area contributed by atoms with Crippen molar-refractivity contribution in [3.05, 3.63) is 33.8 Å². The van der Waals surface area contributed by atoms with Gasteiger partial charge in [-0.25, -0.2) is 0 Å². The molecule has 0 spiro atoms. The van der Waals surface area contributed by atoms with Crippen molar-refractivity contribution in [3.63, 3.8) is 0 Å². The summed E-state index contributed by atoms with van der Waals surface area (Å²) in [5, 5.41) is 15.6. The van der Waals surface area contributed by atoms with E-state index >= 15 is 0 Å². The minimum atomic E-state index is -0.617. The van der Waals surface area contributed by atoms with E-state index in [1.165, 1.54) is 12.8 Å². The first-order valence-electron chi connectivity index (χ1n) is 6.46. The van der Waals surface area contributed by atoms with Crippen molar-refractivity contribution in [2.75, 3.05) is 0 Å². The van der Waals surface area contributed by atoms with E-state index in [0.717, 1.165) is 18.4 Å². The van der Waals surface area contributed by atoms with E-state index in [1.54, 1.807) is 6.07 Å². The van der Waals surface area contributed by atoms with E-state index in [-0.39, 0.29) is 0 Å². The Kier molecular flexibility index (Phi) is 3.31. The molecule has 98 valence electrons. The predicted molar refractivity (Wildman–Crippen MR) is 74.3 cm³/mol. The highest BCUT2D eigenvalue weighted by Gasteiger charge is 2.42. The Morgan fingerprint density at radius 1 is 1.22 bits per heavy atom. The van der Waals surface area contributed by atoms with Crippen LogP contribution in [0.3, 0.4) is 0 Å². The standard InChI is InChI=1S/C14H17Cl2NO/c15-10-2-1-9(13(16)5-10)6-14(18)7-11-3-4-12(8-14)17-11/h1-2,5,11-12,17-18H,3-4,6-8H2. The Balaban J connectivity index is 1.79. The summed E-state index contributed by atoms with van der Waals surface area (Å²) in [6, 6.07) is 6.45. The Hall–Kier alpha value is -0.280. The predicted octanol–water partition coefficient (Wildman–Crippen LogP) is 3.18. The van der Waals surface area contributed by atoms with Crippen LogP contribution in [0.15, 0.2) is 18.2 Å². The van der Waals surface area contributed by atoms with Gasteiger partial charge >= 0.3 is 0 Å². The van der Waals surface area contributed by atoms with E-state index in [2.05, 4.69) is 5.32 Å². The normalized spacial score (nSPS) is 34.8. The van der Waals surface area contributed by atoms with Crippen LogP contribution in [0.25, 0.3) is 0 Å². The number of halogens is 2. The zero-order valence-corrected chi connectivity index (χ0v) is 11.6. The molecule has 2 heterocycles. The molecule has 0 radical (unpaired) electrons. The molecule has 2 aliphatic heterocycles. The molecule has 2 unspecified atom stereocenters. The highest BCUT2D eigenvalue weighted by atomic mass is 35.5. The Labute approximate surface area is 117 Å². The number of fused-ring (bicyclic) bond motifs is 2. The molecule has 1 aromatic rings. The van der Waals surface area contributed by atoms with Crippen LogP contribution in [0.4, 0.5) is 0 Å². The number of nitrogens with one attached hydrogen (secondary N) is 1. The van der Waals surface area contributed by atoms with Gasteiger partial charge in [0.2, 0.25) is 0 Å². The summed E-state index contributed by atoms with van der Waals surface area (Å²) in [7, 11) is 0. The zero-order chi connectivity index (χ0) is 12.8. The molecule has 4 heteroatoms. The molecule has 2 nitrogen and oxygen atoms in total. The largest absolute Gasteiger partial charge is 0.389 e. The molecule has 2 atom stereocenters. The van der Waals surface area contributed by atoms with Gasteiger partial charge in [-0.3, -0.25) is 0 Å². The molecule has 0 saturated carbocycles. The first-order valence-corrected chi connectivity index (χ1v) is 7.22. The maximum absolute atomic E-state index is 10.8. The van der Waals surface area contributed by atoms with Gasteiger partial charge in [-0.2, -0.15) is 0 Å². The van der Waals surface area contributed by atoms with Crippen molar-refractivity contribution in [1.29, 1.82) is 0 Å². The Bertz CT molecular complexity index is 451. The summed E-state index contributed by atoms with van der Waals surface area (Å²) in [6.07, 6.45) is 4.63. The molecule has 1 aromatic carbocycles. The van der Waals surface area contributed by atoms with Gasteiger partial charge in [0, 0.05) is 28.5 Å². The quantitative estimate of drug-likeness (QED) is 0.875. The number of benzene rings is 1. The topological polar surface area (TPSA) is 32.3 Å². The maximum atomic E-state index is 10.8. The number of hydrogen-bond acceptors (Lipinski definition) is 2. The monoisotopic (exact) mass is 285 g/mol. The maximum Gasteiger partial charge on any atom is 0.0718 e. The lowest BCUT2D eigenvalue weighted by Gasteiger charge is -2.37. The van der Waals surface area contributed by atoms with Crippen LogP contribution in [0, 0.1) is 0 Å². The molecule has 2 fully saturated rings. The Morgan fingerprint density at radius 2 is 1.89 bits per heavy atom. The third kappa shape index (κ3) is 2.53. The highest BCUT2D eigenvalue weighted by Crippen LogP contribution is 2.37. The van der Waals surface area contributed by atoms with Crippen molar-refractivity contribution >= 4 is 23.2 Å². The van der Waals surface area contributed by atoms with Gasteiger partial charge in [0.25, 0.3) is 0 Å². The second kappa shape index (κ2) is 4.68. The first kappa shape index (κ1) is 12.7. The fraction of sp³-hybridized carbons (Fsp3) is 0.571. The second-order valence-electron chi connectivity index (χ2n) is 5.68. The van der Waals surface area contributed by atoms with E-state index in [0.29, 0.717) is 28.5 Å². The molecular weight excluding hydrogens is 269 g/mol. The third-order valence-corrected chi connectivity index (χ3v) is 4.71. The molecular formula is C14H17Cl2NO. The SMILES string of the molecule is OC1(Cc2ccc(Cl)cc2Cl)CC2CCC(C1)N2. The average Bonchev–Trinajstić information content (AvgIpc) is 2.63. The van der Waals surface area contributed by atoms with Crippen molar-refractivity contribution in [3.8, 4) is 0 Å². The molecule has 18 heavy (non-hydrogen) atoms. The summed E-state index contributed by atoms with van der Waals surface area (Å²) < 4.78 is 0. The molecule has 0 aliphatic carbocycles. The summed E-state index contributed by atoms with van der Waals surface area (Å²) in [5.41, 5.74) is 0.374. The van der Waals surface area contributed by atoms with E-state index in [1.807, 2.05) is 12.1 Å². The molecule has 3 rings (SSSR count). The van der Waals surface area contributed by atoms with Crippen LogP contribution >= 0.6 is 23.2 Å². The van der Waals surface area contributed by atoms with Crippen LogP contribution in [0.1, 0.15) is 31.2 Å². The minimum absolute atomic E-state index is 0.472. The number of aliphatic hydroxyl groups is 1. The lowest BCUT2D eigenvalue weighted by atomic mass is 9.82. The van der Waals surface area contributed by atoms with Gasteiger partial charge in [0.1, 0.15) is 0 Å². The van der Waals surface area contributed by atoms with E-state index < -0.39 is 5.60 Å². The average molecular weight is 286 g/mol. The van der Waals surface area contributed by atoms with Gasteiger partial charge in [0.15, 0.2) is 0 Å². The molecule has 0 amide bonds. The molecule has 2 bridgehead atoms. The fourth-order valence-electron chi connectivity index (χ4n) is 3.39. The number of hydrogen-bond donors (Lipinski definition) is 2. The summed E-state index contributed by atoms with van der Waals surface area (Å²) in [4.78, 5) is 0. The molecule has 2 aliphatic rings. The van der Waals surface area contributed by atoms with Gasteiger partial charge in [0.05, 0.1) is 5.60 Å². The van der Waals surface area contributed by atoms with Gasteiger partial charge < -0.3 is 10.4 Å². The highest BCUT2D eigenvalue weighted by molar-refractivity contribution is 6.35. The first-order chi connectivity index (χ1) is 8.54. The van der Waals surface area contributed by atoms with Crippen LogP contribution < -0.4 is 5.32 Å². The smallest absolute Gasteiger partial charge is 0.0718 e. The molecule has 0 aromatic heterocycles. The Morgan fingerprint density at radius 3 is 2.50 bits per heavy atom. The van der Waals surface area contributed by atoms with Crippen LogP contribution in [-0.2, 0) is 6.42 Å². The van der Waals surface area contributed by atoms with E-state index in [9.17, 15) is 5.11 Å². The van der Waals surface area contributed by atoms with Crippen LogP contribution in [-0.4, -0.2) is 22.8 Å². The molecule has 2 N–H and O–H groups in total. The third-order valence-electron chi connectivity index (χ3n) is 4.12. The lowest BCUT2D eigenvalue weighted by molar-refractivity contribution is -0.00607.